The standard InChI is InChI=1S/C19H22ClN/c1-12-7-13(2)19(14(3)8-12)21-18-10-16(11-18)15-5-4-6-17(20)9-15/h4-9,16,18,21H,10-11H2,1-3H3. The lowest BCUT2D eigenvalue weighted by Gasteiger charge is -2.37. The van der Waals surface area contributed by atoms with E-state index in [1.54, 1.807) is 0 Å². The summed E-state index contributed by atoms with van der Waals surface area (Å²) in [4.78, 5) is 0. The number of halogens is 1. The van der Waals surface area contributed by atoms with Crippen molar-refractivity contribution in [3.8, 4) is 0 Å². The Kier molecular flexibility index (Phi) is 3.95. The Hall–Kier alpha value is -1.47. The van der Waals surface area contributed by atoms with E-state index in [-0.39, 0.29) is 0 Å². The van der Waals surface area contributed by atoms with Crippen LogP contribution >= 0.6 is 11.6 Å². The first-order chi connectivity index (χ1) is 10.0. The van der Waals surface area contributed by atoms with Gasteiger partial charge >= 0.3 is 0 Å². The molecular weight excluding hydrogens is 278 g/mol. The molecule has 1 saturated carbocycles. The fourth-order valence-electron chi connectivity index (χ4n) is 3.38. The maximum atomic E-state index is 6.08. The molecule has 1 aliphatic carbocycles. The zero-order valence-electron chi connectivity index (χ0n) is 12.9. The molecule has 0 spiro atoms. The minimum Gasteiger partial charge on any atom is -0.382 e. The molecule has 2 heteroatoms. The topological polar surface area (TPSA) is 12.0 Å². The van der Waals surface area contributed by atoms with E-state index >= 15 is 0 Å². The van der Waals surface area contributed by atoms with E-state index in [0.717, 1.165) is 5.02 Å². The van der Waals surface area contributed by atoms with Crippen LogP contribution in [0.2, 0.25) is 5.02 Å². The highest BCUT2D eigenvalue weighted by atomic mass is 35.5. The summed E-state index contributed by atoms with van der Waals surface area (Å²) in [7, 11) is 0. The largest absolute Gasteiger partial charge is 0.382 e. The van der Waals surface area contributed by atoms with Crippen LogP contribution in [0.25, 0.3) is 0 Å². The molecule has 2 aromatic carbocycles. The molecule has 21 heavy (non-hydrogen) atoms. The third-order valence-corrected chi connectivity index (χ3v) is 4.72. The van der Waals surface area contributed by atoms with Gasteiger partial charge in [0.05, 0.1) is 0 Å². The molecule has 0 bridgehead atoms. The van der Waals surface area contributed by atoms with Crippen LogP contribution in [0.5, 0.6) is 0 Å². The van der Waals surface area contributed by atoms with Crippen molar-refractivity contribution in [2.24, 2.45) is 0 Å². The second-order valence-electron chi connectivity index (χ2n) is 6.34. The van der Waals surface area contributed by atoms with E-state index in [1.807, 2.05) is 12.1 Å². The van der Waals surface area contributed by atoms with E-state index in [4.69, 9.17) is 11.6 Å². The second-order valence-corrected chi connectivity index (χ2v) is 6.77. The molecule has 0 saturated heterocycles. The highest BCUT2D eigenvalue weighted by molar-refractivity contribution is 6.30. The van der Waals surface area contributed by atoms with Gasteiger partial charge in [-0.05, 0) is 68.4 Å². The summed E-state index contributed by atoms with van der Waals surface area (Å²) in [5, 5.41) is 4.57. The van der Waals surface area contributed by atoms with Crippen molar-refractivity contribution in [2.75, 3.05) is 5.32 Å². The summed E-state index contributed by atoms with van der Waals surface area (Å²) in [6.07, 6.45) is 2.38. The number of benzene rings is 2. The predicted molar refractivity (Wildman–Crippen MR) is 91.5 cm³/mol. The lowest BCUT2D eigenvalue weighted by molar-refractivity contribution is 0.374. The summed E-state index contributed by atoms with van der Waals surface area (Å²) in [6, 6.07) is 13.4. The molecule has 1 aliphatic rings. The lowest BCUT2D eigenvalue weighted by Crippen LogP contribution is -2.34. The van der Waals surface area contributed by atoms with Gasteiger partial charge in [-0.15, -0.1) is 0 Å². The van der Waals surface area contributed by atoms with Crippen molar-refractivity contribution in [2.45, 2.75) is 45.6 Å². The molecule has 0 aromatic heterocycles. The molecule has 0 radical (unpaired) electrons. The van der Waals surface area contributed by atoms with Gasteiger partial charge in [0, 0.05) is 16.8 Å². The number of nitrogens with one attached hydrogen (secondary N) is 1. The molecule has 0 aliphatic heterocycles. The summed E-state index contributed by atoms with van der Waals surface area (Å²) in [5.41, 5.74) is 6.71. The number of hydrogen-bond acceptors (Lipinski definition) is 1. The van der Waals surface area contributed by atoms with Gasteiger partial charge in [0.15, 0.2) is 0 Å². The third-order valence-electron chi connectivity index (χ3n) is 4.48. The van der Waals surface area contributed by atoms with Gasteiger partial charge in [0.2, 0.25) is 0 Å². The Balaban J connectivity index is 1.65. The van der Waals surface area contributed by atoms with Gasteiger partial charge in [-0.2, -0.15) is 0 Å². The van der Waals surface area contributed by atoms with Crippen LogP contribution in [-0.4, -0.2) is 6.04 Å². The van der Waals surface area contributed by atoms with Crippen molar-refractivity contribution in [3.05, 3.63) is 63.7 Å². The number of hydrogen-bond donors (Lipinski definition) is 1. The maximum Gasteiger partial charge on any atom is 0.0408 e. The highest BCUT2D eigenvalue weighted by Gasteiger charge is 2.30. The number of rotatable bonds is 3. The molecule has 0 unspecified atom stereocenters. The van der Waals surface area contributed by atoms with Crippen LogP contribution in [0.3, 0.4) is 0 Å². The van der Waals surface area contributed by atoms with E-state index in [9.17, 15) is 0 Å². The first-order valence-electron chi connectivity index (χ1n) is 7.63. The van der Waals surface area contributed by atoms with Gasteiger partial charge in [0.1, 0.15) is 0 Å². The number of anilines is 1. The van der Waals surface area contributed by atoms with Crippen LogP contribution in [0.1, 0.15) is 41.0 Å². The zero-order valence-corrected chi connectivity index (χ0v) is 13.7. The van der Waals surface area contributed by atoms with Gasteiger partial charge in [-0.1, -0.05) is 41.4 Å². The molecule has 1 N–H and O–H groups in total. The number of aryl methyl sites for hydroxylation is 3. The quantitative estimate of drug-likeness (QED) is 0.775. The molecule has 1 fully saturated rings. The molecule has 0 amide bonds. The van der Waals surface area contributed by atoms with E-state index in [1.165, 1.54) is 40.8 Å². The van der Waals surface area contributed by atoms with Gasteiger partial charge in [0.25, 0.3) is 0 Å². The van der Waals surface area contributed by atoms with E-state index in [2.05, 4.69) is 50.4 Å². The van der Waals surface area contributed by atoms with Crippen molar-refractivity contribution in [1.82, 2.24) is 0 Å². The van der Waals surface area contributed by atoms with Gasteiger partial charge in [-0.3, -0.25) is 0 Å². The third kappa shape index (κ3) is 3.08. The monoisotopic (exact) mass is 299 g/mol. The molecule has 0 atom stereocenters. The summed E-state index contributed by atoms with van der Waals surface area (Å²) in [6.45, 7) is 6.53. The fraction of sp³-hybridized carbons (Fsp3) is 0.368. The average molecular weight is 300 g/mol. The molecule has 1 nitrogen and oxygen atoms in total. The zero-order chi connectivity index (χ0) is 15.0. The van der Waals surface area contributed by atoms with Crippen molar-refractivity contribution >= 4 is 17.3 Å². The van der Waals surface area contributed by atoms with Crippen LogP contribution in [0, 0.1) is 20.8 Å². The Bertz CT molecular complexity index is 633. The fourth-order valence-corrected chi connectivity index (χ4v) is 3.58. The normalized spacial score (nSPS) is 21.0. The molecular formula is C19H22ClN. The first-order valence-corrected chi connectivity index (χ1v) is 8.00. The van der Waals surface area contributed by atoms with E-state index in [0.29, 0.717) is 12.0 Å². The first kappa shape index (κ1) is 14.5. The van der Waals surface area contributed by atoms with Crippen LogP contribution in [0.15, 0.2) is 36.4 Å². The average Bonchev–Trinajstić information content (AvgIpc) is 2.35. The SMILES string of the molecule is Cc1cc(C)c(NC2CC(c3cccc(Cl)c3)C2)c(C)c1. The Labute approximate surface area is 132 Å². The minimum atomic E-state index is 0.578. The molecule has 110 valence electrons. The summed E-state index contributed by atoms with van der Waals surface area (Å²) >= 11 is 6.08. The summed E-state index contributed by atoms with van der Waals surface area (Å²) < 4.78 is 0. The Morgan fingerprint density at radius 2 is 1.67 bits per heavy atom. The summed E-state index contributed by atoms with van der Waals surface area (Å²) in [5.74, 6) is 0.646. The van der Waals surface area contributed by atoms with E-state index < -0.39 is 0 Å². The van der Waals surface area contributed by atoms with Gasteiger partial charge in [-0.25, -0.2) is 0 Å². The minimum absolute atomic E-state index is 0.578. The Morgan fingerprint density at radius 3 is 2.29 bits per heavy atom. The second kappa shape index (κ2) is 5.73. The highest BCUT2D eigenvalue weighted by Crippen LogP contribution is 2.40. The van der Waals surface area contributed by atoms with Crippen molar-refractivity contribution in [3.63, 3.8) is 0 Å². The Morgan fingerprint density at radius 1 is 1.00 bits per heavy atom. The molecule has 0 heterocycles. The van der Waals surface area contributed by atoms with Gasteiger partial charge < -0.3 is 5.32 Å². The smallest absolute Gasteiger partial charge is 0.0408 e. The predicted octanol–water partition coefficient (Wildman–Crippen LogP) is 5.62. The molecule has 2 aromatic rings. The maximum absolute atomic E-state index is 6.08. The van der Waals surface area contributed by atoms with Crippen LogP contribution in [-0.2, 0) is 0 Å². The van der Waals surface area contributed by atoms with Crippen molar-refractivity contribution in [1.29, 1.82) is 0 Å². The van der Waals surface area contributed by atoms with Crippen LogP contribution < -0.4 is 5.32 Å². The lowest BCUT2D eigenvalue weighted by atomic mass is 9.75. The van der Waals surface area contributed by atoms with Crippen molar-refractivity contribution < 1.29 is 0 Å². The van der Waals surface area contributed by atoms with Crippen LogP contribution in [0.4, 0.5) is 5.69 Å². The molecule has 3 rings (SSSR count).